The van der Waals surface area contributed by atoms with Gasteiger partial charge in [-0.05, 0) is 19.3 Å². The standard InChI is InChI=1S/C12H14N2O2/c15-7-3-1-5-11-9-13-14(10-11)12-6-2-4-8-16-12/h7,9-10,12H,2-4,6,8H2/t12-/m0/s1. The van der Waals surface area contributed by atoms with Gasteiger partial charge in [0.05, 0.1) is 18.2 Å². The molecule has 0 radical (unpaired) electrons. The summed E-state index contributed by atoms with van der Waals surface area (Å²) in [7, 11) is 0. The Morgan fingerprint density at radius 1 is 1.62 bits per heavy atom. The monoisotopic (exact) mass is 218 g/mol. The van der Waals surface area contributed by atoms with Gasteiger partial charge in [0.25, 0.3) is 0 Å². The molecule has 0 bridgehead atoms. The van der Waals surface area contributed by atoms with Gasteiger partial charge >= 0.3 is 0 Å². The van der Waals surface area contributed by atoms with Gasteiger partial charge in [0.15, 0.2) is 0 Å². The minimum atomic E-state index is 0.0513. The lowest BCUT2D eigenvalue weighted by Crippen LogP contribution is -2.18. The molecule has 0 N–H and O–H groups in total. The normalized spacial score (nSPS) is 19.9. The molecular weight excluding hydrogens is 204 g/mol. The molecule has 0 saturated carbocycles. The Kier molecular flexibility index (Phi) is 3.73. The van der Waals surface area contributed by atoms with E-state index in [0.717, 1.165) is 31.3 Å². The van der Waals surface area contributed by atoms with Crippen molar-refractivity contribution in [2.45, 2.75) is 31.9 Å². The molecular formula is C12H14N2O2. The predicted octanol–water partition coefficient (Wildman–Crippen LogP) is 1.52. The van der Waals surface area contributed by atoms with Gasteiger partial charge in [-0.25, -0.2) is 4.68 Å². The number of aldehydes is 1. The topological polar surface area (TPSA) is 44.1 Å². The van der Waals surface area contributed by atoms with E-state index >= 15 is 0 Å². The van der Waals surface area contributed by atoms with Crippen molar-refractivity contribution in [1.29, 1.82) is 0 Å². The maximum Gasteiger partial charge on any atom is 0.150 e. The Bertz CT molecular complexity index is 408. The van der Waals surface area contributed by atoms with E-state index in [0.29, 0.717) is 0 Å². The molecule has 4 nitrogen and oxygen atoms in total. The number of ether oxygens (including phenoxy) is 1. The van der Waals surface area contributed by atoms with Crippen LogP contribution >= 0.6 is 0 Å². The summed E-state index contributed by atoms with van der Waals surface area (Å²) in [5, 5.41) is 4.22. The minimum absolute atomic E-state index is 0.0513. The van der Waals surface area contributed by atoms with E-state index in [9.17, 15) is 4.79 Å². The zero-order chi connectivity index (χ0) is 11.2. The molecule has 84 valence electrons. The SMILES string of the molecule is O=CCC#Cc1cnn([C@@H]2CCCCO2)c1. The van der Waals surface area contributed by atoms with Crippen LogP contribution in [-0.4, -0.2) is 22.7 Å². The number of hydrogen-bond acceptors (Lipinski definition) is 3. The van der Waals surface area contributed by atoms with Crippen LogP contribution in [0.4, 0.5) is 0 Å². The molecule has 0 aliphatic carbocycles. The molecule has 0 unspecified atom stereocenters. The van der Waals surface area contributed by atoms with Gasteiger partial charge in [0.1, 0.15) is 12.5 Å². The van der Waals surface area contributed by atoms with Crippen molar-refractivity contribution >= 4 is 6.29 Å². The highest BCUT2D eigenvalue weighted by atomic mass is 16.5. The van der Waals surface area contributed by atoms with Crippen molar-refractivity contribution in [3.8, 4) is 11.8 Å². The van der Waals surface area contributed by atoms with Gasteiger partial charge < -0.3 is 9.53 Å². The van der Waals surface area contributed by atoms with Crippen molar-refractivity contribution < 1.29 is 9.53 Å². The zero-order valence-electron chi connectivity index (χ0n) is 9.06. The van der Waals surface area contributed by atoms with Gasteiger partial charge in [-0.15, -0.1) is 0 Å². The molecule has 1 aliphatic heterocycles. The van der Waals surface area contributed by atoms with Crippen LogP contribution in [0, 0.1) is 11.8 Å². The van der Waals surface area contributed by atoms with Crippen LogP contribution in [0.1, 0.15) is 37.5 Å². The van der Waals surface area contributed by atoms with E-state index in [1.807, 2.05) is 10.9 Å². The fourth-order valence-corrected chi connectivity index (χ4v) is 1.69. The van der Waals surface area contributed by atoms with E-state index in [2.05, 4.69) is 16.9 Å². The summed E-state index contributed by atoms with van der Waals surface area (Å²) < 4.78 is 7.41. The second-order valence-corrected chi connectivity index (χ2v) is 3.70. The largest absolute Gasteiger partial charge is 0.357 e. The first kappa shape index (κ1) is 10.9. The third kappa shape index (κ3) is 2.71. The summed E-state index contributed by atoms with van der Waals surface area (Å²) in [6, 6.07) is 0. The number of carbonyl (C=O) groups is 1. The van der Waals surface area contributed by atoms with Crippen LogP contribution in [0.2, 0.25) is 0 Å². The second kappa shape index (κ2) is 5.47. The van der Waals surface area contributed by atoms with Gasteiger partial charge in [0, 0.05) is 12.8 Å². The molecule has 1 aromatic heterocycles. The fourth-order valence-electron chi connectivity index (χ4n) is 1.69. The van der Waals surface area contributed by atoms with Gasteiger partial charge in [-0.3, -0.25) is 0 Å². The average Bonchev–Trinajstić information content (AvgIpc) is 2.79. The van der Waals surface area contributed by atoms with Gasteiger partial charge in [0.2, 0.25) is 0 Å². The maximum atomic E-state index is 10.1. The number of hydrogen-bond donors (Lipinski definition) is 0. The van der Waals surface area contributed by atoms with E-state index in [4.69, 9.17) is 4.74 Å². The van der Waals surface area contributed by atoms with Crippen molar-refractivity contribution in [1.82, 2.24) is 9.78 Å². The minimum Gasteiger partial charge on any atom is -0.357 e. The summed E-state index contributed by atoms with van der Waals surface area (Å²) in [5.41, 5.74) is 0.830. The Labute approximate surface area is 94.6 Å². The molecule has 1 aromatic rings. The molecule has 1 fully saturated rings. The summed E-state index contributed by atoms with van der Waals surface area (Å²) >= 11 is 0. The van der Waals surface area contributed by atoms with Crippen LogP contribution in [0.25, 0.3) is 0 Å². The van der Waals surface area contributed by atoms with E-state index in [-0.39, 0.29) is 12.6 Å². The molecule has 1 aliphatic rings. The summed E-state index contributed by atoms with van der Waals surface area (Å²) in [4.78, 5) is 10.1. The van der Waals surface area contributed by atoms with Crippen molar-refractivity contribution in [3.63, 3.8) is 0 Å². The second-order valence-electron chi connectivity index (χ2n) is 3.70. The molecule has 4 heteroatoms. The van der Waals surface area contributed by atoms with Gasteiger partial charge in [-0.2, -0.15) is 5.10 Å². The van der Waals surface area contributed by atoms with Gasteiger partial charge in [-0.1, -0.05) is 11.8 Å². The first-order chi connectivity index (χ1) is 7.90. The zero-order valence-corrected chi connectivity index (χ0v) is 9.06. The Morgan fingerprint density at radius 3 is 3.31 bits per heavy atom. The highest BCUT2D eigenvalue weighted by molar-refractivity contribution is 5.54. The smallest absolute Gasteiger partial charge is 0.150 e. The first-order valence-electron chi connectivity index (χ1n) is 5.48. The Balaban J connectivity index is 2.01. The first-order valence-corrected chi connectivity index (χ1v) is 5.48. The maximum absolute atomic E-state index is 10.1. The van der Waals surface area contributed by atoms with E-state index < -0.39 is 0 Å². The third-order valence-electron chi connectivity index (χ3n) is 2.47. The Morgan fingerprint density at radius 2 is 2.56 bits per heavy atom. The molecule has 0 aromatic carbocycles. The van der Waals surface area contributed by atoms with E-state index in [1.54, 1.807) is 6.20 Å². The lowest BCUT2D eigenvalue weighted by molar-refractivity contribution is -0.107. The number of rotatable bonds is 2. The predicted molar refractivity (Wildman–Crippen MR) is 58.6 cm³/mol. The molecule has 16 heavy (non-hydrogen) atoms. The lowest BCUT2D eigenvalue weighted by Gasteiger charge is -2.22. The van der Waals surface area contributed by atoms with Crippen molar-refractivity contribution in [2.75, 3.05) is 6.61 Å². The molecule has 1 saturated heterocycles. The molecule has 0 spiro atoms. The quantitative estimate of drug-likeness (QED) is 0.558. The van der Waals surface area contributed by atoms with E-state index in [1.165, 1.54) is 6.42 Å². The third-order valence-corrected chi connectivity index (χ3v) is 2.47. The highest BCUT2D eigenvalue weighted by Crippen LogP contribution is 2.21. The molecule has 2 rings (SSSR count). The molecule has 0 amide bonds. The van der Waals surface area contributed by atoms with Crippen LogP contribution in [0.3, 0.4) is 0 Å². The number of aromatic nitrogens is 2. The highest BCUT2D eigenvalue weighted by Gasteiger charge is 2.15. The Hall–Kier alpha value is -1.60. The number of nitrogens with zero attached hydrogens (tertiary/aromatic N) is 2. The fraction of sp³-hybridized carbons (Fsp3) is 0.500. The van der Waals surface area contributed by atoms with Crippen molar-refractivity contribution in [2.24, 2.45) is 0 Å². The lowest BCUT2D eigenvalue weighted by atomic mass is 10.2. The molecule has 1 atom stereocenters. The number of carbonyl (C=O) groups excluding carboxylic acids is 1. The van der Waals surface area contributed by atoms with Crippen LogP contribution < -0.4 is 0 Å². The van der Waals surface area contributed by atoms with Crippen LogP contribution in [-0.2, 0) is 9.53 Å². The average molecular weight is 218 g/mol. The summed E-state index contributed by atoms with van der Waals surface area (Å²) in [6.07, 6.45) is 8.00. The van der Waals surface area contributed by atoms with Crippen molar-refractivity contribution in [3.05, 3.63) is 18.0 Å². The van der Waals surface area contributed by atoms with Crippen LogP contribution in [0.15, 0.2) is 12.4 Å². The summed E-state index contributed by atoms with van der Waals surface area (Å²) in [6.45, 7) is 0.802. The summed E-state index contributed by atoms with van der Waals surface area (Å²) in [5.74, 6) is 5.64. The van der Waals surface area contributed by atoms with Crippen LogP contribution in [0.5, 0.6) is 0 Å². The molecule has 2 heterocycles.